The van der Waals surface area contributed by atoms with E-state index in [4.69, 9.17) is 5.73 Å². The predicted molar refractivity (Wildman–Crippen MR) is 126 cm³/mol. The molecule has 9 nitrogen and oxygen atoms in total. The molecule has 2 aliphatic rings. The van der Waals surface area contributed by atoms with Gasteiger partial charge in [-0.05, 0) is 59.7 Å². The van der Waals surface area contributed by atoms with Gasteiger partial charge in [-0.3, -0.25) is 14.5 Å². The van der Waals surface area contributed by atoms with Crippen molar-refractivity contribution in [2.75, 3.05) is 23.3 Å². The molecule has 0 aliphatic carbocycles. The van der Waals surface area contributed by atoms with Gasteiger partial charge in [-0.1, -0.05) is 6.07 Å². The first-order valence-electron chi connectivity index (χ1n) is 10.9. The fourth-order valence-corrected chi connectivity index (χ4v) is 4.39. The standard InChI is InChI=1S/C25H19F2N5O4/c26-13-1-4-15(5-2-13)31-9-10-32(25(31)36)24(35)30-14-3-6-17(20(27)11-14)16-7-8-18(22(28)33)21-19(16)12-29-23(21)34/h1-8,11H,9-10,12H2,(H2,28,33)(H,29,34)(H,30,35). The van der Waals surface area contributed by atoms with Gasteiger partial charge < -0.3 is 16.4 Å². The highest BCUT2D eigenvalue weighted by molar-refractivity contribution is 6.11. The lowest BCUT2D eigenvalue weighted by Crippen LogP contribution is -2.39. The number of primary amides is 1. The predicted octanol–water partition coefficient (Wildman–Crippen LogP) is 3.45. The molecule has 0 atom stereocenters. The number of carbonyl (C=O) groups is 4. The van der Waals surface area contributed by atoms with Crippen molar-refractivity contribution >= 4 is 35.3 Å². The van der Waals surface area contributed by atoms with E-state index in [0.29, 0.717) is 16.8 Å². The summed E-state index contributed by atoms with van der Waals surface area (Å²) in [5, 5.41) is 5.12. The van der Waals surface area contributed by atoms with Gasteiger partial charge >= 0.3 is 12.1 Å². The zero-order chi connectivity index (χ0) is 25.6. The maximum absolute atomic E-state index is 15.1. The Morgan fingerprint density at radius 3 is 2.36 bits per heavy atom. The van der Waals surface area contributed by atoms with Gasteiger partial charge in [-0.25, -0.2) is 23.3 Å². The van der Waals surface area contributed by atoms with E-state index in [0.717, 1.165) is 11.0 Å². The van der Waals surface area contributed by atoms with Crippen LogP contribution in [0, 0.1) is 11.6 Å². The van der Waals surface area contributed by atoms with Gasteiger partial charge in [0.15, 0.2) is 0 Å². The Labute approximate surface area is 203 Å². The number of anilines is 2. The van der Waals surface area contributed by atoms with E-state index in [1.807, 2.05) is 0 Å². The topological polar surface area (TPSA) is 125 Å². The molecule has 3 aromatic carbocycles. The molecule has 0 spiro atoms. The number of imide groups is 1. The van der Waals surface area contributed by atoms with Crippen LogP contribution in [0.1, 0.15) is 26.3 Å². The number of rotatable bonds is 4. The van der Waals surface area contributed by atoms with Crippen molar-refractivity contribution in [3.05, 3.63) is 82.9 Å². The maximum atomic E-state index is 15.1. The number of nitrogens with two attached hydrogens (primary N) is 1. The Balaban J connectivity index is 1.35. The average molecular weight is 491 g/mol. The van der Waals surface area contributed by atoms with Crippen molar-refractivity contribution < 1.29 is 28.0 Å². The lowest BCUT2D eigenvalue weighted by atomic mass is 9.92. The average Bonchev–Trinajstić information content (AvgIpc) is 3.42. The van der Waals surface area contributed by atoms with Crippen LogP contribution in [-0.4, -0.2) is 41.9 Å². The second-order valence-electron chi connectivity index (χ2n) is 8.25. The molecule has 2 heterocycles. The molecule has 36 heavy (non-hydrogen) atoms. The third-order valence-electron chi connectivity index (χ3n) is 6.13. The first-order valence-corrected chi connectivity index (χ1v) is 10.9. The fraction of sp³-hybridized carbons (Fsp3) is 0.120. The van der Waals surface area contributed by atoms with Gasteiger partial charge in [0.25, 0.3) is 5.91 Å². The number of nitrogens with zero attached hydrogens (tertiary/aromatic N) is 2. The number of benzene rings is 3. The summed E-state index contributed by atoms with van der Waals surface area (Å²) in [7, 11) is 0. The molecular weight excluding hydrogens is 472 g/mol. The molecule has 1 saturated heterocycles. The zero-order valence-corrected chi connectivity index (χ0v) is 18.7. The number of amides is 6. The van der Waals surface area contributed by atoms with E-state index in [1.165, 1.54) is 53.4 Å². The van der Waals surface area contributed by atoms with E-state index in [9.17, 15) is 23.6 Å². The quantitative estimate of drug-likeness (QED) is 0.517. The van der Waals surface area contributed by atoms with E-state index in [-0.39, 0.29) is 42.0 Å². The van der Waals surface area contributed by atoms with E-state index < -0.39 is 35.5 Å². The van der Waals surface area contributed by atoms with Gasteiger partial charge in [0.05, 0.1) is 17.7 Å². The minimum atomic E-state index is -0.761. The Hall–Kier alpha value is -4.80. The number of fused-ring (bicyclic) bond motifs is 1. The third kappa shape index (κ3) is 3.90. The van der Waals surface area contributed by atoms with E-state index in [2.05, 4.69) is 10.6 Å². The summed E-state index contributed by atoms with van der Waals surface area (Å²) in [4.78, 5) is 51.6. The lowest BCUT2D eigenvalue weighted by molar-refractivity contribution is 0.0947. The highest BCUT2D eigenvalue weighted by Crippen LogP contribution is 2.34. The van der Waals surface area contributed by atoms with Gasteiger partial charge in [0, 0.05) is 30.0 Å². The number of nitrogens with one attached hydrogen (secondary N) is 2. The number of hydrogen-bond donors (Lipinski definition) is 3. The molecular formula is C25H19F2N5O4. The summed E-state index contributed by atoms with van der Waals surface area (Å²) in [6.45, 7) is 0.441. The molecule has 1 fully saturated rings. The van der Waals surface area contributed by atoms with Crippen molar-refractivity contribution in [3.63, 3.8) is 0 Å². The fourth-order valence-electron chi connectivity index (χ4n) is 4.39. The van der Waals surface area contributed by atoms with Crippen LogP contribution in [0.25, 0.3) is 11.1 Å². The molecule has 6 amide bonds. The largest absolute Gasteiger partial charge is 0.366 e. The summed E-state index contributed by atoms with van der Waals surface area (Å²) in [5.41, 5.74) is 7.14. The van der Waals surface area contributed by atoms with Gasteiger partial charge in [0.2, 0.25) is 5.91 Å². The van der Waals surface area contributed by atoms with Crippen molar-refractivity contribution in [1.29, 1.82) is 0 Å². The SMILES string of the molecule is NC(=O)c1ccc(-c2ccc(NC(=O)N3CCN(c4ccc(F)cc4)C3=O)cc2F)c2c1C(=O)NC2. The molecule has 0 aromatic heterocycles. The zero-order valence-electron chi connectivity index (χ0n) is 18.7. The second-order valence-corrected chi connectivity index (χ2v) is 8.25. The molecule has 11 heteroatoms. The Kier molecular flexibility index (Phi) is 5.59. The minimum absolute atomic E-state index is 0.0537. The monoisotopic (exact) mass is 491 g/mol. The molecule has 0 bridgehead atoms. The van der Waals surface area contributed by atoms with Crippen molar-refractivity contribution in [1.82, 2.24) is 10.2 Å². The van der Waals surface area contributed by atoms with E-state index >= 15 is 4.39 Å². The molecule has 0 unspecified atom stereocenters. The van der Waals surface area contributed by atoms with Gasteiger partial charge in [-0.2, -0.15) is 0 Å². The third-order valence-corrected chi connectivity index (χ3v) is 6.13. The molecule has 3 aromatic rings. The Morgan fingerprint density at radius 2 is 1.67 bits per heavy atom. The summed E-state index contributed by atoms with van der Waals surface area (Å²) < 4.78 is 28.3. The lowest BCUT2D eigenvalue weighted by Gasteiger charge is -2.18. The van der Waals surface area contributed by atoms with Crippen LogP contribution in [0.3, 0.4) is 0 Å². The van der Waals surface area contributed by atoms with Crippen LogP contribution in [0.15, 0.2) is 54.6 Å². The molecule has 0 saturated carbocycles. The highest BCUT2D eigenvalue weighted by atomic mass is 19.1. The summed E-state index contributed by atoms with van der Waals surface area (Å²) in [5.74, 6) is -2.35. The van der Waals surface area contributed by atoms with Gasteiger partial charge in [-0.15, -0.1) is 0 Å². The maximum Gasteiger partial charge on any atom is 0.332 e. The van der Waals surface area contributed by atoms with Crippen LogP contribution in [0.5, 0.6) is 0 Å². The number of hydrogen-bond acceptors (Lipinski definition) is 4. The van der Waals surface area contributed by atoms with Crippen LogP contribution in [0.4, 0.5) is 29.7 Å². The smallest absolute Gasteiger partial charge is 0.332 e. The Bertz CT molecular complexity index is 1440. The molecule has 182 valence electrons. The highest BCUT2D eigenvalue weighted by Gasteiger charge is 2.34. The van der Waals surface area contributed by atoms with Crippen molar-refractivity contribution in [3.8, 4) is 11.1 Å². The number of carbonyl (C=O) groups excluding carboxylic acids is 4. The minimum Gasteiger partial charge on any atom is -0.366 e. The molecule has 0 radical (unpaired) electrons. The number of urea groups is 2. The summed E-state index contributed by atoms with van der Waals surface area (Å²) in [6, 6.07) is 10.9. The first kappa shape index (κ1) is 23.0. The summed E-state index contributed by atoms with van der Waals surface area (Å²) in [6.07, 6.45) is 0. The van der Waals surface area contributed by atoms with Crippen LogP contribution in [-0.2, 0) is 6.54 Å². The first-order chi connectivity index (χ1) is 17.2. The molecule has 2 aliphatic heterocycles. The summed E-state index contributed by atoms with van der Waals surface area (Å²) >= 11 is 0. The van der Waals surface area contributed by atoms with Crippen molar-refractivity contribution in [2.45, 2.75) is 6.54 Å². The van der Waals surface area contributed by atoms with Crippen LogP contribution < -0.4 is 21.3 Å². The Morgan fingerprint density at radius 1 is 0.944 bits per heavy atom. The van der Waals surface area contributed by atoms with Crippen LogP contribution in [0.2, 0.25) is 0 Å². The van der Waals surface area contributed by atoms with Gasteiger partial charge in [0.1, 0.15) is 11.6 Å². The van der Waals surface area contributed by atoms with E-state index in [1.54, 1.807) is 0 Å². The van der Waals surface area contributed by atoms with Crippen molar-refractivity contribution in [2.24, 2.45) is 5.73 Å². The molecule has 5 rings (SSSR count). The molecule has 4 N–H and O–H groups in total. The second kappa shape index (κ2) is 8.77. The number of halogens is 2. The van der Waals surface area contributed by atoms with Crippen LogP contribution >= 0.6 is 0 Å². The normalized spacial score (nSPS) is 14.6.